The summed E-state index contributed by atoms with van der Waals surface area (Å²) in [5, 5.41) is 11.8. The molecule has 1 aliphatic rings. The van der Waals surface area contributed by atoms with Gasteiger partial charge in [0.25, 0.3) is 5.91 Å². The van der Waals surface area contributed by atoms with E-state index in [1.165, 1.54) is 25.2 Å². The van der Waals surface area contributed by atoms with Crippen molar-refractivity contribution < 1.29 is 28.6 Å². The van der Waals surface area contributed by atoms with E-state index in [4.69, 9.17) is 14.6 Å². The van der Waals surface area contributed by atoms with Crippen molar-refractivity contribution in [3.05, 3.63) is 32.8 Å². The fourth-order valence-corrected chi connectivity index (χ4v) is 2.74. The van der Waals surface area contributed by atoms with Gasteiger partial charge >= 0.3 is 5.97 Å². The van der Waals surface area contributed by atoms with Crippen LogP contribution in [0.1, 0.15) is 0 Å². The molecular formula is C15H16FIN2O5. The lowest BCUT2D eigenvalue weighted by Crippen LogP contribution is -2.31. The van der Waals surface area contributed by atoms with Crippen molar-refractivity contribution in [2.45, 2.75) is 0 Å². The highest BCUT2D eigenvalue weighted by Gasteiger charge is 2.35. The second-order valence-corrected chi connectivity index (χ2v) is 6.02. The lowest BCUT2D eigenvalue weighted by atomic mass is 10.2. The summed E-state index contributed by atoms with van der Waals surface area (Å²) in [6.07, 6.45) is 0. The van der Waals surface area contributed by atoms with Crippen molar-refractivity contribution in [2.24, 2.45) is 0 Å². The number of ether oxygens (including phenoxy) is 2. The number of anilines is 1. The highest BCUT2D eigenvalue weighted by atomic mass is 127. The van der Waals surface area contributed by atoms with Gasteiger partial charge < -0.3 is 24.8 Å². The van der Waals surface area contributed by atoms with E-state index in [0.29, 0.717) is 3.57 Å². The van der Waals surface area contributed by atoms with E-state index in [1.54, 1.807) is 6.07 Å². The molecule has 2 N–H and O–H groups in total. The SMILES string of the molecule is COC(=O)C1=C(Nc2ccc(I)c(F)c2OC)C(=O)N(CCO)C1. The number of methoxy groups -OCH3 is 2. The van der Waals surface area contributed by atoms with Crippen LogP contribution in [-0.4, -0.2) is 55.8 Å². The Bertz CT molecular complexity index is 707. The molecule has 0 saturated carbocycles. The monoisotopic (exact) mass is 450 g/mol. The highest BCUT2D eigenvalue weighted by Crippen LogP contribution is 2.33. The fourth-order valence-electron chi connectivity index (χ4n) is 2.31. The summed E-state index contributed by atoms with van der Waals surface area (Å²) in [4.78, 5) is 25.6. The van der Waals surface area contributed by atoms with Crippen LogP contribution in [0.5, 0.6) is 5.75 Å². The number of aliphatic hydroxyl groups excluding tert-OH is 1. The van der Waals surface area contributed by atoms with E-state index in [2.05, 4.69) is 5.32 Å². The Hall–Kier alpha value is -1.88. The van der Waals surface area contributed by atoms with Gasteiger partial charge in [0.15, 0.2) is 11.6 Å². The number of halogens is 2. The minimum Gasteiger partial charge on any atom is -0.492 e. The molecule has 0 aromatic heterocycles. The Kier molecular flexibility index (Phi) is 5.99. The predicted octanol–water partition coefficient (Wildman–Crippen LogP) is 1.11. The molecular weight excluding hydrogens is 434 g/mol. The third-order valence-electron chi connectivity index (χ3n) is 3.47. The van der Waals surface area contributed by atoms with Crippen molar-refractivity contribution in [3.63, 3.8) is 0 Å². The third-order valence-corrected chi connectivity index (χ3v) is 4.30. The number of nitrogens with zero attached hydrogens (tertiary/aromatic N) is 1. The maximum atomic E-state index is 14.1. The number of benzene rings is 1. The first-order chi connectivity index (χ1) is 11.4. The van der Waals surface area contributed by atoms with Gasteiger partial charge in [-0.3, -0.25) is 4.79 Å². The maximum absolute atomic E-state index is 14.1. The number of nitrogens with one attached hydrogen (secondary N) is 1. The number of rotatable bonds is 6. The van der Waals surface area contributed by atoms with Gasteiger partial charge in [0.1, 0.15) is 5.70 Å². The number of hydrogen-bond acceptors (Lipinski definition) is 6. The molecule has 0 saturated heterocycles. The van der Waals surface area contributed by atoms with Gasteiger partial charge in [-0.25, -0.2) is 9.18 Å². The number of aliphatic hydroxyl groups is 1. The van der Waals surface area contributed by atoms with Gasteiger partial charge in [0.05, 0.1) is 42.2 Å². The summed E-state index contributed by atoms with van der Waals surface area (Å²) in [6.45, 7) is -0.165. The molecule has 0 bridgehead atoms. The van der Waals surface area contributed by atoms with Gasteiger partial charge in [-0.1, -0.05) is 0 Å². The fraction of sp³-hybridized carbons (Fsp3) is 0.333. The van der Waals surface area contributed by atoms with Gasteiger partial charge in [-0.15, -0.1) is 0 Å². The van der Waals surface area contributed by atoms with Crippen molar-refractivity contribution in [1.29, 1.82) is 0 Å². The average molecular weight is 450 g/mol. The molecule has 0 spiro atoms. The predicted molar refractivity (Wildman–Crippen MR) is 92.0 cm³/mol. The topological polar surface area (TPSA) is 88.1 Å². The van der Waals surface area contributed by atoms with Crippen molar-refractivity contribution in [2.75, 3.05) is 39.2 Å². The van der Waals surface area contributed by atoms with Crippen LogP contribution >= 0.6 is 22.6 Å². The van der Waals surface area contributed by atoms with E-state index in [9.17, 15) is 14.0 Å². The molecule has 1 heterocycles. The van der Waals surface area contributed by atoms with Crippen LogP contribution in [0.25, 0.3) is 0 Å². The van der Waals surface area contributed by atoms with Crippen LogP contribution < -0.4 is 10.1 Å². The zero-order chi connectivity index (χ0) is 17.9. The molecule has 0 aliphatic carbocycles. The number of amides is 1. The van der Waals surface area contributed by atoms with Gasteiger partial charge in [-0.2, -0.15) is 0 Å². The lowest BCUT2D eigenvalue weighted by molar-refractivity contribution is -0.136. The van der Waals surface area contributed by atoms with Gasteiger partial charge in [-0.05, 0) is 34.7 Å². The molecule has 0 unspecified atom stereocenters. The van der Waals surface area contributed by atoms with E-state index in [-0.39, 0.29) is 42.4 Å². The van der Waals surface area contributed by atoms with E-state index in [1.807, 2.05) is 22.6 Å². The number of carbonyl (C=O) groups excluding carboxylic acids is 2. The summed E-state index contributed by atoms with van der Waals surface area (Å²) in [5.41, 5.74) is 0.303. The molecule has 0 radical (unpaired) electrons. The number of β-amino-alcohol motifs (C(OH)–C–C–N with tert-alkyl or cyclic N) is 1. The minimum atomic E-state index is -0.670. The van der Waals surface area contributed by atoms with E-state index in [0.717, 1.165) is 0 Å². The van der Waals surface area contributed by atoms with Crippen LogP contribution in [0.4, 0.5) is 10.1 Å². The molecule has 0 fully saturated rings. The standard InChI is InChI=1S/C15H16FIN2O5/c1-23-13-10(4-3-9(17)11(13)16)18-12-8(15(22)24-2)7-19(5-6-20)14(12)21/h3-4,18,20H,5-7H2,1-2H3. The van der Waals surface area contributed by atoms with Crippen molar-refractivity contribution in [3.8, 4) is 5.75 Å². The first-order valence-electron chi connectivity index (χ1n) is 6.95. The lowest BCUT2D eigenvalue weighted by Gasteiger charge is -2.16. The molecule has 1 aromatic carbocycles. The second kappa shape index (κ2) is 7.79. The highest BCUT2D eigenvalue weighted by molar-refractivity contribution is 14.1. The Morgan fingerprint density at radius 3 is 2.75 bits per heavy atom. The Morgan fingerprint density at radius 1 is 1.46 bits per heavy atom. The van der Waals surface area contributed by atoms with E-state index >= 15 is 0 Å². The van der Waals surface area contributed by atoms with Crippen molar-refractivity contribution in [1.82, 2.24) is 4.90 Å². The molecule has 130 valence electrons. The molecule has 9 heteroatoms. The Balaban J connectivity index is 2.43. The largest absolute Gasteiger partial charge is 0.492 e. The normalized spacial score (nSPS) is 14.2. The second-order valence-electron chi connectivity index (χ2n) is 4.86. The van der Waals surface area contributed by atoms with Crippen LogP contribution in [0.2, 0.25) is 0 Å². The molecule has 0 atom stereocenters. The number of esters is 1. The van der Waals surface area contributed by atoms with Gasteiger partial charge in [0.2, 0.25) is 0 Å². The molecule has 1 aromatic rings. The molecule has 2 rings (SSSR count). The molecule has 24 heavy (non-hydrogen) atoms. The maximum Gasteiger partial charge on any atom is 0.337 e. The van der Waals surface area contributed by atoms with Crippen LogP contribution in [-0.2, 0) is 14.3 Å². The van der Waals surface area contributed by atoms with E-state index < -0.39 is 17.7 Å². The number of hydrogen-bond donors (Lipinski definition) is 2. The zero-order valence-electron chi connectivity index (χ0n) is 13.1. The van der Waals surface area contributed by atoms with Crippen molar-refractivity contribution >= 4 is 40.2 Å². The summed E-state index contributed by atoms with van der Waals surface area (Å²) in [7, 11) is 2.51. The molecule has 7 nitrogen and oxygen atoms in total. The summed E-state index contributed by atoms with van der Waals surface area (Å²) < 4.78 is 24.2. The average Bonchev–Trinajstić information content (AvgIpc) is 2.87. The first kappa shape index (κ1) is 18.5. The molecule has 1 aliphatic heterocycles. The summed E-state index contributed by atoms with van der Waals surface area (Å²) >= 11 is 1.82. The summed E-state index contributed by atoms with van der Waals surface area (Å²) in [6, 6.07) is 3.07. The Morgan fingerprint density at radius 2 is 2.17 bits per heavy atom. The van der Waals surface area contributed by atoms with Crippen LogP contribution in [0, 0.1) is 9.39 Å². The smallest absolute Gasteiger partial charge is 0.337 e. The quantitative estimate of drug-likeness (QED) is 0.499. The number of carbonyl (C=O) groups is 2. The summed E-state index contributed by atoms with van der Waals surface area (Å²) in [5.74, 6) is -1.78. The minimum absolute atomic E-state index is 0.00354. The Labute approximate surface area is 151 Å². The van der Waals surface area contributed by atoms with Crippen LogP contribution in [0.15, 0.2) is 23.4 Å². The third kappa shape index (κ3) is 3.46. The first-order valence-corrected chi connectivity index (χ1v) is 8.03. The van der Waals surface area contributed by atoms with Crippen LogP contribution in [0.3, 0.4) is 0 Å². The zero-order valence-corrected chi connectivity index (χ0v) is 15.2. The molecule has 1 amide bonds. The van der Waals surface area contributed by atoms with Gasteiger partial charge in [0, 0.05) is 6.54 Å².